The predicted octanol–water partition coefficient (Wildman–Crippen LogP) is 12.9. The third kappa shape index (κ3) is 3.64. The topological polar surface area (TPSA) is 16.4 Å². The molecule has 0 unspecified atom stereocenters. The molecule has 0 saturated heterocycles. The van der Waals surface area contributed by atoms with Crippen molar-refractivity contribution in [2.45, 2.75) is 19.3 Å². The highest BCUT2D eigenvalue weighted by atomic mass is 32.1. The molecule has 2 heterocycles. The Bertz CT molecular complexity index is 2690. The molecule has 218 valence electrons. The second kappa shape index (κ2) is 9.32. The van der Waals surface area contributed by atoms with Crippen molar-refractivity contribution in [1.82, 2.24) is 0 Å². The zero-order valence-corrected chi connectivity index (χ0v) is 26.4. The van der Waals surface area contributed by atoms with E-state index in [0.29, 0.717) is 0 Å². The van der Waals surface area contributed by atoms with Crippen LogP contribution in [0.15, 0.2) is 144 Å². The normalized spacial score (nSPS) is 13.6. The van der Waals surface area contributed by atoms with E-state index in [-0.39, 0.29) is 5.41 Å². The summed E-state index contributed by atoms with van der Waals surface area (Å²) in [6, 6.07) is 51.1. The summed E-state index contributed by atoms with van der Waals surface area (Å²) in [4.78, 5) is 2.42. The first-order chi connectivity index (χ1) is 22.5. The molecule has 0 amide bonds. The maximum atomic E-state index is 6.30. The van der Waals surface area contributed by atoms with Crippen LogP contribution in [0.5, 0.6) is 0 Å². The number of thiophene rings is 1. The highest BCUT2D eigenvalue weighted by molar-refractivity contribution is 7.25. The summed E-state index contributed by atoms with van der Waals surface area (Å²) < 4.78 is 8.91. The van der Waals surface area contributed by atoms with E-state index in [1.165, 1.54) is 47.8 Å². The van der Waals surface area contributed by atoms with E-state index in [9.17, 15) is 0 Å². The zero-order chi connectivity index (χ0) is 30.6. The van der Waals surface area contributed by atoms with Gasteiger partial charge in [-0.25, -0.2) is 0 Å². The number of furan rings is 1. The molecule has 0 aliphatic heterocycles. The second-order valence-corrected chi connectivity index (χ2v) is 14.1. The molecule has 1 aliphatic rings. The van der Waals surface area contributed by atoms with Crippen LogP contribution in [0.3, 0.4) is 0 Å². The Morgan fingerprint density at radius 1 is 0.478 bits per heavy atom. The molecule has 0 saturated carbocycles. The van der Waals surface area contributed by atoms with Gasteiger partial charge in [-0.2, -0.15) is 0 Å². The number of fused-ring (bicyclic) bond motifs is 10. The summed E-state index contributed by atoms with van der Waals surface area (Å²) >= 11 is 1.86. The van der Waals surface area contributed by atoms with Gasteiger partial charge >= 0.3 is 0 Å². The van der Waals surface area contributed by atoms with E-state index in [1.807, 2.05) is 23.5 Å². The Kier molecular flexibility index (Phi) is 5.25. The van der Waals surface area contributed by atoms with Crippen LogP contribution in [0.2, 0.25) is 0 Å². The first-order valence-corrected chi connectivity index (χ1v) is 16.7. The lowest BCUT2D eigenvalue weighted by Gasteiger charge is -2.27. The number of para-hydroxylation sites is 1. The molecule has 0 fully saturated rings. The van der Waals surface area contributed by atoms with E-state index in [4.69, 9.17) is 4.42 Å². The Labute approximate surface area is 270 Å². The van der Waals surface area contributed by atoms with Crippen LogP contribution in [0.1, 0.15) is 25.0 Å². The molecule has 0 bridgehead atoms. The molecule has 46 heavy (non-hydrogen) atoms. The van der Waals surface area contributed by atoms with Crippen molar-refractivity contribution >= 4 is 81.3 Å². The maximum Gasteiger partial charge on any atom is 0.136 e. The molecule has 2 aromatic heterocycles. The molecule has 0 N–H and O–H groups in total. The molecule has 3 heteroatoms. The van der Waals surface area contributed by atoms with E-state index in [0.717, 1.165) is 44.4 Å². The van der Waals surface area contributed by atoms with E-state index in [1.54, 1.807) is 0 Å². The quantitative estimate of drug-likeness (QED) is 0.199. The fraction of sp³-hybridized carbons (Fsp3) is 0.0698. The van der Waals surface area contributed by atoms with Crippen LogP contribution in [0.25, 0.3) is 64.0 Å². The lowest BCUT2D eigenvalue weighted by Crippen LogP contribution is -2.15. The molecule has 2 nitrogen and oxygen atoms in total. The molecule has 0 radical (unpaired) electrons. The van der Waals surface area contributed by atoms with Gasteiger partial charge in [0.1, 0.15) is 11.2 Å². The van der Waals surface area contributed by atoms with Crippen LogP contribution in [-0.4, -0.2) is 0 Å². The SMILES string of the molecule is CC1(C)c2ccccc2-c2cc(N(c3ccc4cc5c(cc4c3)oc3ccccc35)c3ccc4c(c3)sc3ccccc34)ccc21. The number of hydrogen-bond donors (Lipinski definition) is 0. The number of rotatable bonds is 3. The van der Waals surface area contributed by atoms with Gasteiger partial charge in [0, 0.05) is 53.4 Å². The summed E-state index contributed by atoms with van der Waals surface area (Å²) in [5, 5.41) is 7.29. The molecule has 7 aromatic carbocycles. The Hall–Kier alpha value is -5.38. The minimum absolute atomic E-state index is 0.0355. The van der Waals surface area contributed by atoms with Crippen molar-refractivity contribution in [3.05, 3.63) is 151 Å². The Morgan fingerprint density at radius 2 is 1.17 bits per heavy atom. The van der Waals surface area contributed by atoms with Gasteiger partial charge in [-0.3, -0.25) is 0 Å². The van der Waals surface area contributed by atoms with Gasteiger partial charge in [0.2, 0.25) is 0 Å². The maximum absolute atomic E-state index is 6.30. The summed E-state index contributed by atoms with van der Waals surface area (Å²) in [5.41, 5.74) is 10.6. The van der Waals surface area contributed by atoms with Gasteiger partial charge in [-0.15, -0.1) is 11.3 Å². The predicted molar refractivity (Wildman–Crippen MR) is 196 cm³/mol. The lowest BCUT2D eigenvalue weighted by atomic mass is 9.82. The van der Waals surface area contributed by atoms with Gasteiger partial charge in [-0.05, 0) is 93.7 Å². The molecular weight excluding hydrogens is 579 g/mol. The van der Waals surface area contributed by atoms with Gasteiger partial charge in [0.15, 0.2) is 0 Å². The van der Waals surface area contributed by atoms with Crippen molar-refractivity contribution in [2.75, 3.05) is 4.90 Å². The minimum Gasteiger partial charge on any atom is -0.456 e. The average Bonchev–Trinajstić information content (AvgIpc) is 3.71. The number of anilines is 3. The minimum atomic E-state index is -0.0355. The summed E-state index contributed by atoms with van der Waals surface area (Å²) in [6.45, 7) is 4.68. The van der Waals surface area contributed by atoms with E-state index < -0.39 is 0 Å². The van der Waals surface area contributed by atoms with Gasteiger partial charge in [-0.1, -0.05) is 92.7 Å². The van der Waals surface area contributed by atoms with Gasteiger partial charge in [0.25, 0.3) is 0 Å². The third-order valence-electron chi connectivity index (χ3n) is 10.0. The van der Waals surface area contributed by atoms with E-state index in [2.05, 4.69) is 146 Å². The summed E-state index contributed by atoms with van der Waals surface area (Å²) in [6.07, 6.45) is 0. The number of nitrogens with zero attached hydrogens (tertiary/aromatic N) is 1. The Morgan fingerprint density at radius 3 is 2.11 bits per heavy atom. The van der Waals surface area contributed by atoms with Crippen molar-refractivity contribution < 1.29 is 4.42 Å². The van der Waals surface area contributed by atoms with Crippen LogP contribution >= 0.6 is 11.3 Å². The van der Waals surface area contributed by atoms with Crippen LogP contribution in [0.4, 0.5) is 17.1 Å². The van der Waals surface area contributed by atoms with Crippen molar-refractivity contribution in [3.8, 4) is 11.1 Å². The molecule has 9 aromatic rings. The van der Waals surface area contributed by atoms with Gasteiger partial charge < -0.3 is 9.32 Å². The summed E-state index contributed by atoms with van der Waals surface area (Å²) in [7, 11) is 0. The number of benzene rings is 7. The third-order valence-corrected chi connectivity index (χ3v) is 11.2. The Balaban J connectivity index is 1.20. The molecule has 10 rings (SSSR count). The first kappa shape index (κ1) is 25.9. The van der Waals surface area contributed by atoms with Gasteiger partial charge in [0.05, 0.1) is 0 Å². The molecular formula is C43H29NOS. The molecule has 1 aliphatic carbocycles. The number of hydrogen-bond acceptors (Lipinski definition) is 3. The fourth-order valence-corrected chi connectivity index (χ4v) is 8.88. The standard InChI is InChI=1S/C43H29NOS/c1-43(2)37-12-6-3-9-31(37)35-24-29(18-20-38(35)43)44(30-17-19-34-33-11-5-8-14-41(33)46-42(34)25-30)28-16-15-26-22-36-32-10-4-7-13-39(32)45-40(36)23-27(26)21-28/h3-25H,1-2H3. The zero-order valence-electron chi connectivity index (χ0n) is 25.5. The van der Waals surface area contributed by atoms with Crippen LogP contribution < -0.4 is 4.90 Å². The van der Waals surface area contributed by atoms with Crippen molar-refractivity contribution in [3.63, 3.8) is 0 Å². The van der Waals surface area contributed by atoms with Crippen molar-refractivity contribution in [1.29, 1.82) is 0 Å². The second-order valence-electron chi connectivity index (χ2n) is 13.0. The van der Waals surface area contributed by atoms with E-state index >= 15 is 0 Å². The largest absolute Gasteiger partial charge is 0.456 e. The monoisotopic (exact) mass is 607 g/mol. The fourth-order valence-electron chi connectivity index (χ4n) is 7.74. The first-order valence-electron chi connectivity index (χ1n) is 15.8. The average molecular weight is 608 g/mol. The summed E-state index contributed by atoms with van der Waals surface area (Å²) in [5.74, 6) is 0. The molecule has 0 atom stereocenters. The molecule has 0 spiro atoms. The smallest absolute Gasteiger partial charge is 0.136 e. The highest BCUT2D eigenvalue weighted by Crippen LogP contribution is 2.51. The highest BCUT2D eigenvalue weighted by Gasteiger charge is 2.35. The van der Waals surface area contributed by atoms with Crippen LogP contribution in [0, 0.1) is 0 Å². The van der Waals surface area contributed by atoms with Crippen molar-refractivity contribution in [2.24, 2.45) is 0 Å². The van der Waals surface area contributed by atoms with Crippen LogP contribution in [-0.2, 0) is 5.41 Å². The lowest BCUT2D eigenvalue weighted by molar-refractivity contribution is 0.660.